The lowest BCUT2D eigenvalue weighted by atomic mass is 10.1. The van der Waals surface area contributed by atoms with Crippen LogP contribution in [-0.2, 0) is 6.61 Å². The van der Waals surface area contributed by atoms with E-state index in [-0.39, 0.29) is 6.61 Å². The van der Waals surface area contributed by atoms with Gasteiger partial charge in [0.2, 0.25) is 0 Å². The Morgan fingerprint density at radius 3 is 2.58 bits per heavy atom. The predicted molar refractivity (Wildman–Crippen MR) is 76.0 cm³/mol. The fourth-order valence-corrected chi connectivity index (χ4v) is 2.15. The highest BCUT2D eigenvalue weighted by Gasteiger charge is 2.11. The zero-order valence-electron chi connectivity index (χ0n) is 10.0. The molecule has 3 rings (SSSR count). The monoisotopic (exact) mass is 273 g/mol. The van der Waals surface area contributed by atoms with Crippen LogP contribution < -0.4 is 5.73 Å². The Morgan fingerprint density at radius 2 is 1.89 bits per heavy atom. The molecule has 19 heavy (non-hydrogen) atoms. The van der Waals surface area contributed by atoms with Gasteiger partial charge in [0.1, 0.15) is 17.2 Å². The highest BCUT2D eigenvalue weighted by Crippen LogP contribution is 2.27. The normalized spacial score (nSPS) is 11.1. The van der Waals surface area contributed by atoms with E-state index >= 15 is 0 Å². The van der Waals surface area contributed by atoms with E-state index in [0.717, 1.165) is 16.8 Å². The van der Waals surface area contributed by atoms with Crippen LogP contribution in [0.3, 0.4) is 0 Å². The third kappa shape index (κ3) is 2.05. The van der Waals surface area contributed by atoms with Crippen LogP contribution in [-0.4, -0.2) is 14.5 Å². The van der Waals surface area contributed by atoms with E-state index < -0.39 is 0 Å². The van der Waals surface area contributed by atoms with Crippen molar-refractivity contribution in [1.82, 2.24) is 9.38 Å². The van der Waals surface area contributed by atoms with Gasteiger partial charge in [0.25, 0.3) is 0 Å². The van der Waals surface area contributed by atoms with Crippen molar-refractivity contribution in [2.75, 3.05) is 5.73 Å². The van der Waals surface area contributed by atoms with Gasteiger partial charge in [-0.1, -0.05) is 29.8 Å². The standard InChI is InChI=1S/C14H12ClN3O/c15-11-4-2-10(3-5-11)13-14(16)18-7-9(8-19)1-6-12(18)17-13/h1-7,19H,8,16H2. The number of nitrogen functional groups attached to an aromatic ring is 1. The summed E-state index contributed by atoms with van der Waals surface area (Å²) in [6.07, 6.45) is 1.79. The molecular weight excluding hydrogens is 262 g/mol. The molecule has 0 saturated carbocycles. The Balaban J connectivity index is 2.19. The molecule has 5 heteroatoms. The van der Waals surface area contributed by atoms with Gasteiger partial charge in [-0.3, -0.25) is 4.40 Å². The minimum absolute atomic E-state index is 0.0240. The van der Waals surface area contributed by atoms with Crippen molar-refractivity contribution in [3.05, 3.63) is 53.2 Å². The lowest BCUT2D eigenvalue weighted by Gasteiger charge is -2.01. The molecule has 3 N–H and O–H groups in total. The van der Waals surface area contributed by atoms with Gasteiger partial charge >= 0.3 is 0 Å². The average molecular weight is 274 g/mol. The maximum Gasteiger partial charge on any atom is 0.139 e. The van der Waals surface area contributed by atoms with Crippen molar-refractivity contribution in [2.24, 2.45) is 0 Å². The molecule has 0 aliphatic rings. The topological polar surface area (TPSA) is 63.5 Å². The van der Waals surface area contributed by atoms with E-state index in [1.807, 2.05) is 24.3 Å². The fraction of sp³-hybridized carbons (Fsp3) is 0.0714. The first-order valence-electron chi connectivity index (χ1n) is 5.82. The number of benzene rings is 1. The number of anilines is 1. The number of nitrogens with zero attached hydrogens (tertiary/aromatic N) is 2. The maximum atomic E-state index is 9.15. The molecule has 1 aromatic carbocycles. The van der Waals surface area contributed by atoms with E-state index in [1.54, 1.807) is 22.7 Å². The Hall–Kier alpha value is -2.04. The summed E-state index contributed by atoms with van der Waals surface area (Å²) in [5.74, 6) is 0.549. The van der Waals surface area contributed by atoms with Gasteiger partial charge in [-0.25, -0.2) is 4.98 Å². The highest BCUT2D eigenvalue weighted by atomic mass is 35.5. The summed E-state index contributed by atoms with van der Waals surface area (Å²) in [4.78, 5) is 4.50. The smallest absolute Gasteiger partial charge is 0.139 e. The van der Waals surface area contributed by atoms with Crippen LogP contribution in [0.15, 0.2) is 42.6 Å². The van der Waals surface area contributed by atoms with Crippen LogP contribution in [0, 0.1) is 0 Å². The molecule has 0 atom stereocenters. The van der Waals surface area contributed by atoms with Crippen LogP contribution >= 0.6 is 11.6 Å². The van der Waals surface area contributed by atoms with Crippen molar-refractivity contribution in [1.29, 1.82) is 0 Å². The number of aliphatic hydroxyl groups excluding tert-OH is 1. The third-order valence-electron chi connectivity index (χ3n) is 3.02. The molecule has 96 valence electrons. The number of pyridine rings is 1. The fourth-order valence-electron chi connectivity index (χ4n) is 2.02. The summed E-state index contributed by atoms with van der Waals surface area (Å²) in [5, 5.41) is 9.83. The summed E-state index contributed by atoms with van der Waals surface area (Å²) in [5.41, 5.74) is 9.29. The van der Waals surface area contributed by atoms with E-state index in [1.165, 1.54) is 0 Å². The van der Waals surface area contributed by atoms with Crippen molar-refractivity contribution < 1.29 is 5.11 Å². The van der Waals surface area contributed by atoms with E-state index in [0.29, 0.717) is 16.5 Å². The van der Waals surface area contributed by atoms with Crippen molar-refractivity contribution in [3.8, 4) is 11.3 Å². The van der Waals surface area contributed by atoms with E-state index in [9.17, 15) is 0 Å². The first-order chi connectivity index (χ1) is 9.19. The number of aromatic nitrogens is 2. The van der Waals surface area contributed by atoms with Crippen LogP contribution in [0.25, 0.3) is 16.9 Å². The molecule has 0 fully saturated rings. The lowest BCUT2D eigenvalue weighted by molar-refractivity contribution is 0.281. The number of nitrogens with two attached hydrogens (primary N) is 1. The minimum Gasteiger partial charge on any atom is -0.392 e. The number of hydrogen-bond donors (Lipinski definition) is 2. The predicted octanol–water partition coefficient (Wildman–Crippen LogP) is 2.73. The summed E-state index contributed by atoms with van der Waals surface area (Å²) < 4.78 is 1.77. The van der Waals surface area contributed by atoms with Gasteiger partial charge in [-0.2, -0.15) is 0 Å². The summed E-state index contributed by atoms with van der Waals surface area (Å²) in [6.45, 7) is -0.0240. The zero-order chi connectivity index (χ0) is 13.4. The second kappa shape index (κ2) is 4.57. The Kier molecular flexibility index (Phi) is 2.89. The van der Waals surface area contributed by atoms with Gasteiger partial charge in [0.15, 0.2) is 0 Å². The van der Waals surface area contributed by atoms with Gasteiger partial charge in [0.05, 0.1) is 6.61 Å². The molecule has 0 aliphatic heterocycles. The lowest BCUT2D eigenvalue weighted by Crippen LogP contribution is -1.96. The second-order valence-corrected chi connectivity index (χ2v) is 4.71. The number of halogens is 1. The largest absolute Gasteiger partial charge is 0.392 e. The quantitative estimate of drug-likeness (QED) is 0.755. The molecular formula is C14H12ClN3O. The summed E-state index contributed by atoms with van der Waals surface area (Å²) in [6, 6.07) is 11.0. The number of fused-ring (bicyclic) bond motifs is 1. The Morgan fingerprint density at radius 1 is 1.16 bits per heavy atom. The van der Waals surface area contributed by atoms with Crippen molar-refractivity contribution >= 4 is 23.1 Å². The summed E-state index contributed by atoms with van der Waals surface area (Å²) in [7, 11) is 0. The molecule has 2 aromatic heterocycles. The Labute approximate surface area is 115 Å². The number of hydrogen-bond acceptors (Lipinski definition) is 3. The zero-order valence-corrected chi connectivity index (χ0v) is 10.8. The molecule has 4 nitrogen and oxygen atoms in total. The van der Waals surface area contributed by atoms with E-state index in [4.69, 9.17) is 22.4 Å². The number of imidazole rings is 1. The highest BCUT2D eigenvalue weighted by molar-refractivity contribution is 6.30. The number of aliphatic hydroxyl groups is 1. The molecule has 0 amide bonds. The molecule has 0 radical (unpaired) electrons. The second-order valence-electron chi connectivity index (χ2n) is 4.28. The van der Waals surface area contributed by atoms with Crippen molar-refractivity contribution in [3.63, 3.8) is 0 Å². The van der Waals surface area contributed by atoms with Crippen LogP contribution in [0.1, 0.15) is 5.56 Å². The van der Waals surface area contributed by atoms with Gasteiger partial charge < -0.3 is 10.8 Å². The molecule has 0 saturated heterocycles. The van der Waals surface area contributed by atoms with Crippen molar-refractivity contribution in [2.45, 2.75) is 6.61 Å². The average Bonchev–Trinajstić information content (AvgIpc) is 2.76. The first kappa shape index (κ1) is 12.0. The van der Waals surface area contributed by atoms with Gasteiger partial charge in [-0.15, -0.1) is 0 Å². The summed E-state index contributed by atoms with van der Waals surface area (Å²) >= 11 is 5.87. The van der Waals surface area contributed by atoms with Crippen LogP contribution in [0.2, 0.25) is 5.02 Å². The minimum atomic E-state index is -0.0240. The third-order valence-corrected chi connectivity index (χ3v) is 3.27. The van der Waals surface area contributed by atoms with E-state index in [2.05, 4.69) is 4.98 Å². The SMILES string of the molecule is Nc1c(-c2ccc(Cl)cc2)nc2ccc(CO)cn12. The van der Waals surface area contributed by atoms with Gasteiger partial charge in [0, 0.05) is 16.8 Å². The molecule has 2 heterocycles. The molecule has 3 aromatic rings. The Bertz CT molecular complexity index is 734. The molecule has 0 aliphatic carbocycles. The van der Waals surface area contributed by atoms with Crippen LogP contribution in [0.4, 0.5) is 5.82 Å². The maximum absolute atomic E-state index is 9.15. The molecule has 0 bridgehead atoms. The first-order valence-corrected chi connectivity index (χ1v) is 6.20. The van der Waals surface area contributed by atoms with Gasteiger partial charge in [-0.05, 0) is 23.8 Å². The van der Waals surface area contributed by atoms with Crippen LogP contribution in [0.5, 0.6) is 0 Å². The number of rotatable bonds is 2. The molecule has 0 spiro atoms. The molecule has 0 unspecified atom stereocenters.